The number of hydrogen-bond donors (Lipinski definition) is 0. The maximum absolute atomic E-state index is 4.25. The van der Waals surface area contributed by atoms with E-state index in [2.05, 4.69) is 111 Å². The summed E-state index contributed by atoms with van der Waals surface area (Å²) in [6, 6.07) is 32.5. The van der Waals surface area contributed by atoms with Gasteiger partial charge in [-0.25, -0.2) is 0 Å². The van der Waals surface area contributed by atoms with E-state index >= 15 is 0 Å². The second-order valence-electron chi connectivity index (χ2n) is 8.34. The van der Waals surface area contributed by atoms with Crippen LogP contribution in [0.5, 0.6) is 0 Å². The van der Waals surface area contributed by atoms with Crippen LogP contribution in [0.15, 0.2) is 116 Å². The Bertz CT molecular complexity index is 1380. The van der Waals surface area contributed by atoms with E-state index < -0.39 is 0 Å². The smallest absolute Gasteiger partial charge is 0.252 e. The van der Waals surface area contributed by atoms with Gasteiger partial charge in [-0.2, -0.15) is 0 Å². The highest BCUT2D eigenvalue weighted by molar-refractivity contribution is 7.00. The van der Waals surface area contributed by atoms with Crippen LogP contribution in [0.4, 0.5) is 34.1 Å². The SMILES string of the molecule is c1ccc2c(c1)B1c3ccccc3N(c3ccncc3)c3cccc(c31)N2c1ccncc1. The van der Waals surface area contributed by atoms with Gasteiger partial charge >= 0.3 is 0 Å². The Morgan fingerprint density at radius 3 is 1.36 bits per heavy atom. The van der Waals surface area contributed by atoms with Crippen molar-refractivity contribution in [3.63, 3.8) is 0 Å². The highest BCUT2D eigenvalue weighted by atomic mass is 15.2. The van der Waals surface area contributed by atoms with Gasteiger partial charge in [-0.3, -0.25) is 9.97 Å². The molecule has 0 amide bonds. The van der Waals surface area contributed by atoms with Crippen LogP contribution in [0, 0.1) is 0 Å². The Hall–Kier alpha value is -4.38. The molecule has 0 saturated carbocycles. The van der Waals surface area contributed by atoms with E-state index in [1.165, 1.54) is 39.1 Å². The summed E-state index contributed by atoms with van der Waals surface area (Å²) in [5, 5.41) is 0. The summed E-state index contributed by atoms with van der Waals surface area (Å²) in [6.45, 7) is 0.166. The summed E-state index contributed by atoms with van der Waals surface area (Å²) >= 11 is 0. The molecule has 3 aromatic carbocycles. The molecule has 0 saturated heterocycles. The van der Waals surface area contributed by atoms with E-state index in [4.69, 9.17) is 0 Å². The predicted octanol–water partition coefficient (Wildman–Crippen LogP) is 4.56. The highest BCUT2D eigenvalue weighted by Gasteiger charge is 2.42. The van der Waals surface area contributed by atoms with E-state index in [-0.39, 0.29) is 6.71 Å². The zero-order valence-corrected chi connectivity index (χ0v) is 17.8. The molecule has 5 heteroatoms. The first kappa shape index (κ1) is 18.2. The van der Waals surface area contributed by atoms with Crippen LogP contribution >= 0.6 is 0 Å². The molecule has 154 valence electrons. The van der Waals surface area contributed by atoms with Crippen LogP contribution < -0.4 is 26.2 Å². The first-order chi connectivity index (χ1) is 16.4. The molecule has 0 N–H and O–H groups in total. The van der Waals surface area contributed by atoms with Crippen molar-refractivity contribution in [3.8, 4) is 0 Å². The molecule has 2 aliphatic heterocycles. The monoisotopic (exact) mass is 422 g/mol. The topological polar surface area (TPSA) is 32.3 Å². The molecule has 4 heterocycles. The van der Waals surface area contributed by atoms with Gasteiger partial charge in [-0.15, -0.1) is 0 Å². The molecule has 2 aliphatic rings. The quantitative estimate of drug-likeness (QED) is 0.383. The van der Waals surface area contributed by atoms with Gasteiger partial charge in [0.2, 0.25) is 0 Å². The average molecular weight is 422 g/mol. The van der Waals surface area contributed by atoms with Crippen molar-refractivity contribution in [2.75, 3.05) is 9.80 Å². The summed E-state index contributed by atoms with van der Waals surface area (Å²) in [5.74, 6) is 0. The largest absolute Gasteiger partial charge is 0.311 e. The minimum Gasteiger partial charge on any atom is -0.311 e. The number of fused-ring (bicyclic) bond motifs is 4. The number of aromatic nitrogens is 2. The predicted molar refractivity (Wildman–Crippen MR) is 136 cm³/mol. The molecule has 0 radical (unpaired) electrons. The summed E-state index contributed by atoms with van der Waals surface area (Å²) in [4.78, 5) is 13.2. The number of benzene rings is 3. The number of pyridine rings is 2. The average Bonchev–Trinajstić information content (AvgIpc) is 2.89. The number of anilines is 6. The van der Waals surface area contributed by atoms with Crippen LogP contribution in [-0.2, 0) is 0 Å². The highest BCUT2D eigenvalue weighted by Crippen LogP contribution is 2.43. The Morgan fingerprint density at radius 1 is 0.455 bits per heavy atom. The van der Waals surface area contributed by atoms with Crippen molar-refractivity contribution in [2.24, 2.45) is 0 Å². The Kier molecular flexibility index (Phi) is 3.90. The van der Waals surface area contributed by atoms with Gasteiger partial charge in [0.15, 0.2) is 0 Å². The second-order valence-corrected chi connectivity index (χ2v) is 8.34. The summed E-state index contributed by atoms with van der Waals surface area (Å²) < 4.78 is 0. The third-order valence-electron chi connectivity index (χ3n) is 6.65. The number of nitrogens with zero attached hydrogens (tertiary/aromatic N) is 4. The second kappa shape index (κ2) is 7.07. The molecule has 2 aromatic heterocycles. The first-order valence-corrected chi connectivity index (χ1v) is 11.1. The first-order valence-electron chi connectivity index (χ1n) is 11.1. The Labute approximate surface area is 192 Å². The Morgan fingerprint density at radius 2 is 0.879 bits per heavy atom. The van der Waals surface area contributed by atoms with Crippen molar-refractivity contribution in [2.45, 2.75) is 0 Å². The number of para-hydroxylation sites is 2. The van der Waals surface area contributed by atoms with E-state index in [9.17, 15) is 0 Å². The maximum Gasteiger partial charge on any atom is 0.252 e. The van der Waals surface area contributed by atoms with Crippen LogP contribution in [-0.4, -0.2) is 16.7 Å². The van der Waals surface area contributed by atoms with E-state index in [0.717, 1.165) is 11.4 Å². The van der Waals surface area contributed by atoms with Crippen LogP contribution in [0.3, 0.4) is 0 Å². The summed E-state index contributed by atoms with van der Waals surface area (Å²) in [6.07, 6.45) is 7.44. The number of hydrogen-bond acceptors (Lipinski definition) is 4. The Balaban J connectivity index is 1.58. The van der Waals surface area contributed by atoms with Gasteiger partial charge in [0.1, 0.15) is 0 Å². The van der Waals surface area contributed by atoms with Crippen molar-refractivity contribution < 1.29 is 0 Å². The molecular weight excluding hydrogens is 403 g/mol. The van der Waals surface area contributed by atoms with Gasteiger partial charge in [-0.05, 0) is 64.9 Å². The minimum atomic E-state index is 0.166. The molecule has 0 bridgehead atoms. The lowest BCUT2D eigenvalue weighted by molar-refractivity contribution is 1.22. The summed E-state index contributed by atoms with van der Waals surface area (Å²) in [7, 11) is 0. The molecule has 4 nitrogen and oxygen atoms in total. The zero-order valence-electron chi connectivity index (χ0n) is 17.8. The van der Waals surface area contributed by atoms with Gasteiger partial charge in [0.05, 0.1) is 0 Å². The lowest BCUT2D eigenvalue weighted by Crippen LogP contribution is -2.61. The number of rotatable bonds is 2. The molecule has 0 aliphatic carbocycles. The van der Waals surface area contributed by atoms with E-state index in [1.54, 1.807) is 0 Å². The van der Waals surface area contributed by atoms with E-state index in [0.29, 0.717) is 0 Å². The summed E-state index contributed by atoms with van der Waals surface area (Å²) in [5.41, 5.74) is 11.0. The van der Waals surface area contributed by atoms with Crippen molar-refractivity contribution in [3.05, 3.63) is 116 Å². The zero-order chi connectivity index (χ0) is 21.8. The van der Waals surface area contributed by atoms with Crippen LogP contribution in [0.25, 0.3) is 0 Å². The van der Waals surface area contributed by atoms with Gasteiger partial charge in [0.25, 0.3) is 6.71 Å². The van der Waals surface area contributed by atoms with Gasteiger partial charge in [0, 0.05) is 58.9 Å². The molecule has 33 heavy (non-hydrogen) atoms. The van der Waals surface area contributed by atoms with Gasteiger partial charge in [-0.1, -0.05) is 42.5 Å². The fourth-order valence-corrected chi connectivity index (χ4v) is 5.38. The van der Waals surface area contributed by atoms with Crippen molar-refractivity contribution in [1.29, 1.82) is 0 Å². The standard InChI is InChI=1S/C28H19BN4/c1-3-8-24-22(6-1)29-23-7-2-4-9-25(23)33(21-14-18-31-19-15-21)27-11-5-10-26(28(27)29)32(24)20-12-16-30-17-13-20/h1-19H. The van der Waals surface area contributed by atoms with Crippen LogP contribution in [0.1, 0.15) is 0 Å². The molecular formula is C28H19BN4. The van der Waals surface area contributed by atoms with E-state index in [1.807, 2.05) is 24.8 Å². The fourth-order valence-electron chi connectivity index (χ4n) is 5.38. The molecule has 7 rings (SSSR count). The third kappa shape index (κ3) is 2.59. The molecule has 0 atom stereocenters. The van der Waals surface area contributed by atoms with Crippen molar-refractivity contribution in [1.82, 2.24) is 9.97 Å². The maximum atomic E-state index is 4.25. The molecule has 5 aromatic rings. The lowest BCUT2D eigenvalue weighted by Gasteiger charge is -2.43. The molecule has 0 fully saturated rings. The minimum absolute atomic E-state index is 0.166. The fraction of sp³-hybridized carbons (Fsp3) is 0. The van der Waals surface area contributed by atoms with Crippen LogP contribution in [0.2, 0.25) is 0 Å². The van der Waals surface area contributed by atoms with Crippen molar-refractivity contribution >= 4 is 57.2 Å². The van der Waals surface area contributed by atoms with Gasteiger partial charge < -0.3 is 9.80 Å². The molecule has 0 spiro atoms. The third-order valence-corrected chi connectivity index (χ3v) is 6.65. The normalized spacial score (nSPS) is 13.3. The lowest BCUT2D eigenvalue weighted by atomic mass is 9.33. The molecule has 0 unspecified atom stereocenters.